The van der Waals surface area contributed by atoms with Crippen molar-refractivity contribution in [1.29, 1.82) is 0 Å². The van der Waals surface area contributed by atoms with E-state index in [1.165, 1.54) is 0 Å². The van der Waals surface area contributed by atoms with Gasteiger partial charge in [0, 0.05) is 34.1 Å². The number of fused-ring (bicyclic) bond motifs is 4. The highest BCUT2D eigenvalue weighted by atomic mass is 16.3. The van der Waals surface area contributed by atoms with E-state index in [1.807, 2.05) is 30.5 Å². The Morgan fingerprint density at radius 1 is 0.783 bits per heavy atom. The van der Waals surface area contributed by atoms with Gasteiger partial charge in [0.1, 0.15) is 0 Å². The van der Waals surface area contributed by atoms with Crippen LogP contribution in [-0.4, -0.2) is 15.0 Å². The molecule has 0 atom stereocenters. The molecule has 4 heterocycles. The van der Waals surface area contributed by atoms with Crippen LogP contribution in [-0.2, 0) is 0 Å². The van der Waals surface area contributed by atoms with Crippen LogP contribution in [0.15, 0.2) is 71.7 Å². The number of benzene rings is 1. The molecule has 1 aromatic carbocycles. The van der Waals surface area contributed by atoms with Crippen LogP contribution in [0, 0.1) is 0 Å². The molecule has 108 valence electrons. The van der Waals surface area contributed by atoms with Crippen molar-refractivity contribution in [3.63, 3.8) is 0 Å². The van der Waals surface area contributed by atoms with E-state index in [4.69, 9.17) is 4.42 Å². The van der Waals surface area contributed by atoms with E-state index in [2.05, 4.69) is 33.2 Å². The molecular formula is C19H11N3O. The summed E-state index contributed by atoms with van der Waals surface area (Å²) >= 11 is 0. The summed E-state index contributed by atoms with van der Waals surface area (Å²) in [4.78, 5) is 13.2. The molecule has 0 aliphatic rings. The van der Waals surface area contributed by atoms with Gasteiger partial charge in [-0.05, 0) is 18.2 Å². The summed E-state index contributed by atoms with van der Waals surface area (Å²) in [5.41, 5.74) is 4.41. The summed E-state index contributed by atoms with van der Waals surface area (Å²) in [5.74, 6) is 0. The number of hydrogen-bond donors (Lipinski definition) is 0. The predicted molar refractivity (Wildman–Crippen MR) is 90.0 cm³/mol. The highest BCUT2D eigenvalue weighted by Gasteiger charge is 2.11. The Bertz CT molecular complexity index is 1170. The van der Waals surface area contributed by atoms with E-state index in [0.29, 0.717) is 0 Å². The summed E-state index contributed by atoms with van der Waals surface area (Å²) in [7, 11) is 0. The molecule has 4 heteroatoms. The van der Waals surface area contributed by atoms with Gasteiger partial charge in [0.15, 0.2) is 11.2 Å². The number of hydrogen-bond acceptors (Lipinski definition) is 4. The van der Waals surface area contributed by atoms with E-state index in [9.17, 15) is 0 Å². The topological polar surface area (TPSA) is 51.8 Å². The Kier molecular flexibility index (Phi) is 2.46. The lowest BCUT2D eigenvalue weighted by atomic mass is 10.0. The third-order valence-corrected chi connectivity index (χ3v) is 4.07. The summed E-state index contributed by atoms with van der Waals surface area (Å²) in [5, 5.41) is 3.19. The standard InChI is InChI=1S/C19H11N3O/c1-3-12-4-2-7-21-19(12)14(5-1)16-9-15-13-6-8-20-10-17(13)23-18(15)11-22-16/h1-11H. The molecule has 4 nitrogen and oxygen atoms in total. The predicted octanol–water partition coefficient (Wildman–Crippen LogP) is 4.59. The van der Waals surface area contributed by atoms with Gasteiger partial charge >= 0.3 is 0 Å². The second-order valence-electron chi connectivity index (χ2n) is 5.42. The molecule has 0 saturated heterocycles. The van der Waals surface area contributed by atoms with E-state index in [-0.39, 0.29) is 0 Å². The SMILES string of the molecule is c1cnc2c(-c3cc4c(cn3)oc3cnccc34)cccc2c1. The van der Waals surface area contributed by atoms with E-state index in [1.54, 1.807) is 18.6 Å². The number of rotatable bonds is 1. The number of aromatic nitrogens is 3. The van der Waals surface area contributed by atoms with Gasteiger partial charge in [-0.1, -0.05) is 24.3 Å². The zero-order chi connectivity index (χ0) is 15.2. The molecule has 0 amide bonds. The van der Waals surface area contributed by atoms with Crippen LogP contribution >= 0.6 is 0 Å². The van der Waals surface area contributed by atoms with Crippen molar-refractivity contribution in [3.05, 3.63) is 67.3 Å². The van der Waals surface area contributed by atoms with Crippen molar-refractivity contribution in [2.24, 2.45) is 0 Å². The molecule has 0 fully saturated rings. The fourth-order valence-electron chi connectivity index (χ4n) is 3.00. The second-order valence-corrected chi connectivity index (χ2v) is 5.42. The Morgan fingerprint density at radius 2 is 1.70 bits per heavy atom. The normalized spacial score (nSPS) is 11.5. The van der Waals surface area contributed by atoms with Crippen molar-refractivity contribution in [2.75, 3.05) is 0 Å². The fourth-order valence-corrected chi connectivity index (χ4v) is 3.00. The zero-order valence-electron chi connectivity index (χ0n) is 12.1. The maximum atomic E-state index is 5.79. The molecule has 5 aromatic rings. The van der Waals surface area contributed by atoms with Gasteiger partial charge in [-0.25, -0.2) is 0 Å². The lowest BCUT2D eigenvalue weighted by molar-refractivity contribution is 0.665. The Morgan fingerprint density at radius 3 is 2.70 bits per heavy atom. The van der Waals surface area contributed by atoms with Gasteiger partial charge in [-0.15, -0.1) is 0 Å². The first-order valence-corrected chi connectivity index (χ1v) is 7.36. The molecule has 0 spiro atoms. The summed E-state index contributed by atoms with van der Waals surface area (Å²) in [6.07, 6.45) is 7.08. The Labute approximate surface area is 131 Å². The maximum Gasteiger partial charge on any atom is 0.153 e. The number of pyridine rings is 3. The van der Waals surface area contributed by atoms with Crippen LogP contribution < -0.4 is 0 Å². The van der Waals surface area contributed by atoms with Gasteiger partial charge < -0.3 is 4.42 Å². The van der Waals surface area contributed by atoms with E-state index >= 15 is 0 Å². The molecule has 0 bridgehead atoms. The smallest absolute Gasteiger partial charge is 0.153 e. The average Bonchev–Trinajstić information content (AvgIpc) is 2.99. The first-order valence-electron chi connectivity index (χ1n) is 7.36. The Balaban J connectivity index is 1.84. The molecular weight excluding hydrogens is 286 g/mol. The minimum atomic E-state index is 0.768. The molecule has 0 radical (unpaired) electrons. The molecule has 4 aromatic heterocycles. The van der Waals surface area contributed by atoms with Gasteiger partial charge in [0.05, 0.1) is 23.6 Å². The molecule has 0 aliphatic heterocycles. The van der Waals surface area contributed by atoms with Gasteiger partial charge in [-0.2, -0.15) is 0 Å². The zero-order valence-corrected chi connectivity index (χ0v) is 12.1. The molecule has 5 rings (SSSR count). The fraction of sp³-hybridized carbons (Fsp3) is 0. The second kappa shape index (κ2) is 4.61. The van der Waals surface area contributed by atoms with Crippen molar-refractivity contribution >= 4 is 32.8 Å². The molecule has 0 N–H and O–H groups in total. The largest absolute Gasteiger partial charge is 0.453 e. The lowest BCUT2D eigenvalue weighted by Gasteiger charge is -2.05. The molecule has 0 aliphatic carbocycles. The summed E-state index contributed by atoms with van der Waals surface area (Å²) < 4.78 is 5.79. The van der Waals surface area contributed by atoms with Gasteiger partial charge in [-0.3, -0.25) is 15.0 Å². The first kappa shape index (κ1) is 12.3. The van der Waals surface area contributed by atoms with E-state index in [0.717, 1.165) is 44.1 Å². The van der Waals surface area contributed by atoms with Crippen molar-refractivity contribution in [2.45, 2.75) is 0 Å². The number of para-hydroxylation sites is 1. The van der Waals surface area contributed by atoms with Gasteiger partial charge in [0.2, 0.25) is 0 Å². The van der Waals surface area contributed by atoms with E-state index < -0.39 is 0 Å². The first-order chi connectivity index (χ1) is 11.4. The highest BCUT2D eigenvalue weighted by Crippen LogP contribution is 2.32. The average molecular weight is 297 g/mol. The van der Waals surface area contributed by atoms with Crippen LogP contribution in [0.4, 0.5) is 0 Å². The lowest BCUT2D eigenvalue weighted by Crippen LogP contribution is -1.87. The third kappa shape index (κ3) is 1.82. The van der Waals surface area contributed by atoms with Crippen LogP contribution in [0.25, 0.3) is 44.1 Å². The van der Waals surface area contributed by atoms with Crippen LogP contribution in [0.3, 0.4) is 0 Å². The van der Waals surface area contributed by atoms with Crippen LogP contribution in [0.1, 0.15) is 0 Å². The number of nitrogens with zero attached hydrogens (tertiary/aromatic N) is 3. The monoisotopic (exact) mass is 297 g/mol. The summed E-state index contributed by atoms with van der Waals surface area (Å²) in [6.45, 7) is 0. The maximum absolute atomic E-state index is 5.79. The Hall–Kier alpha value is -3.27. The van der Waals surface area contributed by atoms with Crippen LogP contribution in [0.5, 0.6) is 0 Å². The quantitative estimate of drug-likeness (QED) is 0.454. The van der Waals surface area contributed by atoms with Crippen molar-refractivity contribution in [3.8, 4) is 11.3 Å². The summed E-state index contributed by atoms with van der Waals surface area (Å²) in [6, 6.07) is 14.2. The minimum absolute atomic E-state index is 0.768. The van der Waals surface area contributed by atoms with Crippen molar-refractivity contribution in [1.82, 2.24) is 15.0 Å². The van der Waals surface area contributed by atoms with Gasteiger partial charge in [0.25, 0.3) is 0 Å². The third-order valence-electron chi connectivity index (χ3n) is 4.07. The molecule has 0 unspecified atom stereocenters. The van der Waals surface area contributed by atoms with Crippen LogP contribution in [0.2, 0.25) is 0 Å². The molecule has 0 saturated carbocycles. The number of furan rings is 1. The highest BCUT2D eigenvalue weighted by molar-refractivity contribution is 6.06. The van der Waals surface area contributed by atoms with Crippen molar-refractivity contribution < 1.29 is 4.42 Å². The molecule has 23 heavy (non-hydrogen) atoms. The minimum Gasteiger partial charge on any atom is -0.453 e.